The lowest BCUT2D eigenvalue weighted by atomic mass is 10.2. The van der Waals surface area contributed by atoms with E-state index in [4.69, 9.17) is 9.84 Å². The van der Waals surface area contributed by atoms with Gasteiger partial charge in [-0.05, 0) is 19.3 Å². The summed E-state index contributed by atoms with van der Waals surface area (Å²) in [4.78, 5) is 4.38. The highest BCUT2D eigenvalue weighted by Crippen LogP contribution is 1.92. The lowest BCUT2D eigenvalue weighted by Crippen LogP contribution is -2.38. The molecule has 0 aliphatic heterocycles. The number of aliphatic hydroxyl groups is 1. The number of rotatable bonds is 8. The molecule has 0 spiro atoms. The molecule has 6 heteroatoms. The van der Waals surface area contributed by atoms with Crippen molar-refractivity contribution in [3.63, 3.8) is 0 Å². The molecule has 17 heavy (non-hydrogen) atoms. The van der Waals surface area contributed by atoms with Gasteiger partial charge in [0, 0.05) is 40.0 Å². The van der Waals surface area contributed by atoms with Gasteiger partial charge in [-0.3, -0.25) is 4.99 Å². The van der Waals surface area contributed by atoms with Gasteiger partial charge in [0.05, 0.1) is 0 Å². The second-order valence-corrected chi connectivity index (χ2v) is 3.78. The number of methoxy groups -OCH3 is 1. The molecule has 0 aliphatic rings. The van der Waals surface area contributed by atoms with Gasteiger partial charge in [0.2, 0.25) is 0 Å². The van der Waals surface area contributed by atoms with Crippen LogP contribution in [0.3, 0.4) is 0 Å². The zero-order valence-electron chi connectivity index (χ0n) is 11.0. The fraction of sp³-hybridized carbons (Fsp3) is 0.909. The Hall–Kier alpha value is -0.0800. The number of halogens is 1. The summed E-state index contributed by atoms with van der Waals surface area (Å²) in [7, 11) is 1.70. The van der Waals surface area contributed by atoms with Crippen LogP contribution in [0.2, 0.25) is 0 Å². The maximum absolute atomic E-state index is 8.90. The number of aliphatic hydroxyl groups excluding tert-OH is 1. The highest BCUT2D eigenvalue weighted by Gasteiger charge is 2.00. The van der Waals surface area contributed by atoms with Crippen molar-refractivity contribution in [1.82, 2.24) is 10.6 Å². The van der Waals surface area contributed by atoms with Crippen LogP contribution in [0, 0.1) is 5.92 Å². The lowest BCUT2D eigenvalue weighted by Gasteiger charge is -2.12. The summed E-state index contributed by atoms with van der Waals surface area (Å²) in [5.74, 6) is 1.01. The minimum Gasteiger partial charge on any atom is -0.396 e. The molecule has 0 saturated carbocycles. The van der Waals surface area contributed by atoms with Crippen LogP contribution in [0.1, 0.15) is 20.3 Å². The maximum Gasteiger partial charge on any atom is 0.191 e. The first-order valence-electron chi connectivity index (χ1n) is 5.86. The minimum absolute atomic E-state index is 0. The number of hydrogen-bond acceptors (Lipinski definition) is 3. The molecule has 3 N–H and O–H groups in total. The number of nitrogens with one attached hydrogen (secondary N) is 2. The average Bonchev–Trinajstić information content (AvgIpc) is 2.30. The van der Waals surface area contributed by atoms with Crippen LogP contribution in [-0.4, -0.2) is 51.0 Å². The smallest absolute Gasteiger partial charge is 0.191 e. The van der Waals surface area contributed by atoms with E-state index in [2.05, 4.69) is 15.6 Å². The molecule has 0 amide bonds. The van der Waals surface area contributed by atoms with Crippen LogP contribution in [0.25, 0.3) is 0 Å². The Bertz CT molecular complexity index is 192. The van der Waals surface area contributed by atoms with Gasteiger partial charge in [0.1, 0.15) is 0 Å². The van der Waals surface area contributed by atoms with E-state index >= 15 is 0 Å². The van der Waals surface area contributed by atoms with E-state index < -0.39 is 0 Å². The number of nitrogens with zero attached hydrogens (tertiary/aromatic N) is 1. The molecule has 0 aromatic heterocycles. The molecule has 0 heterocycles. The van der Waals surface area contributed by atoms with Crippen LogP contribution in [0.4, 0.5) is 0 Å². The number of ether oxygens (including phenoxy) is 1. The summed E-state index contributed by atoms with van der Waals surface area (Å²) in [6, 6.07) is 0. The number of hydrogen-bond donors (Lipinski definition) is 3. The molecule has 0 radical (unpaired) electrons. The van der Waals surface area contributed by atoms with E-state index in [0.717, 1.165) is 32.1 Å². The third-order valence-corrected chi connectivity index (χ3v) is 2.03. The first-order valence-corrected chi connectivity index (χ1v) is 5.86. The molecular formula is C11H26IN3O2. The summed E-state index contributed by atoms with van der Waals surface area (Å²) in [5.41, 5.74) is 0. The standard InChI is InChI=1S/C11H25N3O2.HI/c1-4-12-11(13-6-5-7-16-3)14-8-10(2)9-15;/h10,15H,4-9H2,1-3H3,(H2,12,13,14);1H. The van der Waals surface area contributed by atoms with Crippen molar-refractivity contribution in [3.8, 4) is 0 Å². The van der Waals surface area contributed by atoms with Gasteiger partial charge < -0.3 is 20.5 Å². The van der Waals surface area contributed by atoms with Gasteiger partial charge in [-0.15, -0.1) is 24.0 Å². The van der Waals surface area contributed by atoms with Crippen LogP contribution < -0.4 is 10.6 Å². The first-order chi connectivity index (χ1) is 7.74. The zero-order chi connectivity index (χ0) is 12.2. The highest BCUT2D eigenvalue weighted by molar-refractivity contribution is 14.0. The minimum atomic E-state index is 0. The molecular weight excluding hydrogens is 333 g/mol. The summed E-state index contributed by atoms with van der Waals surface area (Å²) < 4.78 is 4.97. The van der Waals surface area contributed by atoms with Crippen molar-refractivity contribution in [2.24, 2.45) is 10.9 Å². The highest BCUT2D eigenvalue weighted by atomic mass is 127. The summed E-state index contributed by atoms with van der Waals surface area (Å²) in [6.45, 7) is 7.23. The van der Waals surface area contributed by atoms with Crippen LogP contribution in [0.15, 0.2) is 4.99 Å². The Morgan fingerprint density at radius 3 is 2.65 bits per heavy atom. The van der Waals surface area contributed by atoms with Gasteiger partial charge in [0.15, 0.2) is 5.96 Å². The first kappa shape index (κ1) is 19.3. The molecule has 104 valence electrons. The topological polar surface area (TPSA) is 65.9 Å². The molecule has 0 fully saturated rings. The third kappa shape index (κ3) is 12.2. The van der Waals surface area contributed by atoms with Crippen molar-refractivity contribution in [2.75, 3.05) is 40.0 Å². The largest absolute Gasteiger partial charge is 0.396 e. The third-order valence-electron chi connectivity index (χ3n) is 2.03. The number of aliphatic imine (C=N–C) groups is 1. The van der Waals surface area contributed by atoms with Crippen molar-refractivity contribution in [2.45, 2.75) is 20.3 Å². The van der Waals surface area contributed by atoms with Gasteiger partial charge in [-0.1, -0.05) is 6.92 Å². The maximum atomic E-state index is 8.90. The Balaban J connectivity index is 0. The van der Waals surface area contributed by atoms with Crippen molar-refractivity contribution < 1.29 is 9.84 Å². The molecule has 0 aromatic carbocycles. The summed E-state index contributed by atoms with van der Waals surface area (Å²) in [5, 5.41) is 15.3. The zero-order valence-corrected chi connectivity index (χ0v) is 13.4. The van der Waals surface area contributed by atoms with Crippen LogP contribution in [-0.2, 0) is 4.74 Å². The normalized spacial score (nSPS) is 12.8. The molecule has 1 atom stereocenters. The molecule has 0 rings (SSSR count). The molecule has 0 aliphatic carbocycles. The molecule has 5 nitrogen and oxygen atoms in total. The van der Waals surface area contributed by atoms with Gasteiger partial charge in [0.25, 0.3) is 0 Å². The number of guanidine groups is 1. The second-order valence-electron chi connectivity index (χ2n) is 3.78. The summed E-state index contributed by atoms with van der Waals surface area (Å²) >= 11 is 0. The molecule has 1 unspecified atom stereocenters. The Morgan fingerprint density at radius 2 is 2.12 bits per heavy atom. The van der Waals surface area contributed by atoms with Gasteiger partial charge in [-0.25, -0.2) is 0 Å². The lowest BCUT2D eigenvalue weighted by molar-refractivity contribution is 0.195. The van der Waals surface area contributed by atoms with E-state index in [1.165, 1.54) is 0 Å². The molecule has 0 saturated heterocycles. The Morgan fingerprint density at radius 1 is 1.41 bits per heavy atom. The van der Waals surface area contributed by atoms with Crippen LogP contribution >= 0.6 is 24.0 Å². The SMILES string of the molecule is CCNC(=NCC(C)CO)NCCCOC.I. The van der Waals surface area contributed by atoms with E-state index in [1.807, 2.05) is 13.8 Å². The summed E-state index contributed by atoms with van der Waals surface area (Å²) in [6.07, 6.45) is 0.955. The molecule has 0 aromatic rings. The van der Waals surface area contributed by atoms with Gasteiger partial charge in [-0.2, -0.15) is 0 Å². The average molecular weight is 359 g/mol. The predicted octanol–water partition coefficient (Wildman–Crippen LogP) is 0.824. The van der Waals surface area contributed by atoms with Crippen LogP contribution in [0.5, 0.6) is 0 Å². The monoisotopic (exact) mass is 359 g/mol. The second kappa shape index (κ2) is 14.0. The fourth-order valence-electron chi connectivity index (χ4n) is 1.07. The fourth-order valence-corrected chi connectivity index (χ4v) is 1.07. The van der Waals surface area contributed by atoms with E-state index in [-0.39, 0.29) is 36.5 Å². The van der Waals surface area contributed by atoms with Crippen molar-refractivity contribution >= 4 is 29.9 Å². The predicted molar refractivity (Wildman–Crippen MR) is 82.1 cm³/mol. The molecule has 0 bridgehead atoms. The van der Waals surface area contributed by atoms with Crippen molar-refractivity contribution in [3.05, 3.63) is 0 Å². The van der Waals surface area contributed by atoms with E-state index in [0.29, 0.717) is 6.54 Å². The van der Waals surface area contributed by atoms with E-state index in [1.54, 1.807) is 7.11 Å². The Kier molecular flexibility index (Phi) is 15.8. The quantitative estimate of drug-likeness (QED) is 0.260. The van der Waals surface area contributed by atoms with Gasteiger partial charge >= 0.3 is 0 Å². The van der Waals surface area contributed by atoms with E-state index in [9.17, 15) is 0 Å². The van der Waals surface area contributed by atoms with Crippen molar-refractivity contribution in [1.29, 1.82) is 0 Å². The Labute approximate surface area is 121 Å².